The van der Waals surface area contributed by atoms with Gasteiger partial charge >= 0.3 is 0 Å². The van der Waals surface area contributed by atoms with E-state index in [0.717, 1.165) is 25.3 Å². The van der Waals surface area contributed by atoms with Crippen LogP contribution >= 0.6 is 11.6 Å². The Labute approximate surface area is 93.0 Å². The summed E-state index contributed by atoms with van der Waals surface area (Å²) < 4.78 is 1.98. The van der Waals surface area contributed by atoms with E-state index >= 15 is 0 Å². The molecule has 0 unspecified atom stereocenters. The highest BCUT2D eigenvalue weighted by Gasteiger charge is 2.20. The number of hydrogen-bond donors (Lipinski definition) is 0. The molecule has 1 aliphatic heterocycles. The topological polar surface area (TPSA) is 51.0 Å². The summed E-state index contributed by atoms with van der Waals surface area (Å²) in [6.07, 6.45) is 2.97. The number of amides is 1. The minimum Gasteiger partial charge on any atom is -0.333 e. The lowest BCUT2D eigenvalue weighted by molar-refractivity contribution is -0.132. The first-order chi connectivity index (χ1) is 7.31. The van der Waals surface area contributed by atoms with E-state index in [1.807, 2.05) is 9.47 Å². The van der Waals surface area contributed by atoms with Crippen LogP contribution in [-0.4, -0.2) is 38.0 Å². The van der Waals surface area contributed by atoms with Gasteiger partial charge in [0.25, 0.3) is 0 Å². The van der Waals surface area contributed by atoms with Gasteiger partial charge in [0, 0.05) is 25.4 Å². The number of carbonyl (C=O) groups is 1. The molecule has 0 aliphatic carbocycles. The SMILES string of the molecule is O=C(CCCCl)N1CCn2cnnc2C1. The molecule has 1 amide bonds. The van der Waals surface area contributed by atoms with Crippen molar-refractivity contribution in [2.24, 2.45) is 0 Å². The number of fused-ring (bicyclic) bond motifs is 1. The molecule has 15 heavy (non-hydrogen) atoms. The normalized spacial score (nSPS) is 15.1. The van der Waals surface area contributed by atoms with Crippen LogP contribution in [0, 0.1) is 0 Å². The average molecular weight is 229 g/mol. The maximum absolute atomic E-state index is 11.7. The molecule has 0 atom stereocenters. The van der Waals surface area contributed by atoms with Gasteiger partial charge in [0.1, 0.15) is 6.33 Å². The van der Waals surface area contributed by atoms with Gasteiger partial charge in [0.05, 0.1) is 6.54 Å². The summed E-state index contributed by atoms with van der Waals surface area (Å²) in [7, 11) is 0. The van der Waals surface area contributed by atoms with Crippen LogP contribution < -0.4 is 0 Å². The zero-order chi connectivity index (χ0) is 10.7. The Bertz CT molecular complexity index is 352. The van der Waals surface area contributed by atoms with Crippen molar-refractivity contribution >= 4 is 17.5 Å². The second-order valence-corrected chi connectivity index (χ2v) is 3.93. The number of hydrogen-bond acceptors (Lipinski definition) is 3. The number of rotatable bonds is 3. The quantitative estimate of drug-likeness (QED) is 0.714. The predicted octanol–water partition coefficient (Wildman–Crippen LogP) is 0.639. The van der Waals surface area contributed by atoms with E-state index in [9.17, 15) is 4.79 Å². The number of aromatic nitrogens is 3. The Balaban J connectivity index is 1.94. The average Bonchev–Trinajstić information content (AvgIpc) is 2.72. The molecule has 0 saturated carbocycles. The van der Waals surface area contributed by atoms with Crippen molar-refractivity contribution in [2.75, 3.05) is 12.4 Å². The smallest absolute Gasteiger partial charge is 0.223 e. The number of carbonyl (C=O) groups excluding carboxylic acids is 1. The summed E-state index contributed by atoms with van der Waals surface area (Å²) in [5, 5.41) is 7.78. The zero-order valence-corrected chi connectivity index (χ0v) is 9.15. The summed E-state index contributed by atoms with van der Waals surface area (Å²) in [5.74, 6) is 1.56. The monoisotopic (exact) mass is 228 g/mol. The van der Waals surface area contributed by atoms with Gasteiger partial charge in [-0.3, -0.25) is 4.79 Å². The first-order valence-electron chi connectivity index (χ1n) is 5.01. The fourth-order valence-electron chi connectivity index (χ4n) is 1.66. The van der Waals surface area contributed by atoms with E-state index in [2.05, 4.69) is 10.2 Å². The minimum atomic E-state index is 0.157. The minimum absolute atomic E-state index is 0.157. The Kier molecular flexibility index (Phi) is 3.20. The highest BCUT2D eigenvalue weighted by atomic mass is 35.5. The van der Waals surface area contributed by atoms with Crippen LogP contribution in [0.4, 0.5) is 0 Å². The van der Waals surface area contributed by atoms with Gasteiger partial charge in [0.2, 0.25) is 5.91 Å². The van der Waals surface area contributed by atoms with E-state index in [0.29, 0.717) is 18.8 Å². The van der Waals surface area contributed by atoms with E-state index < -0.39 is 0 Å². The van der Waals surface area contributed by atoms with Crippen LogP contribution in [0.25, 0.3) is 0 Å². The molecule has 0 radical (unpaired) electrons. The van der Waals surface area contributed by atoms with E-state index in [1.165, 1.54) is 0 Å². The van der Waals surface area contributed by atoms with E-state index in [4.69, 9.17) is 11.6 Å². The fraction of sp³-hybridized carbons (Fsp3) is 0.667. The van der Waals surface area contributed by atoms with E-state index in [-0.39, 0.29) is 5.91 Å². The number of halogens is 1. The lowest BCUT2D eigenvalue weighted by Crippen LogP contribution is -2.38. The molecule has 82 valence electrons. The molecular weight excluding hydrogens is 216 g/mol. The largest absolute Gasteiger partial charge is 0.333 e. The van der Waals surface area contributed by atoms with Crippen LogP contribution in [0.3, 0.4) is 0 Å². The van der Waals surface area contributed by atoms with Crippen LogP contribution in [0.1, 0.15) is 18.7 Å². The molecular formula is C9H13ClN4O. The van der Waals surface area contributed by atoms with Gasteiger partial charge in [-0.25, -0.2) is 0 Å². The molecule has 2 rings (SSSR count). The second kappa shape index (κ2) is 4.61. The molecule has 0 fully saturated rings. The Morgan fingerprint density at radius 1 is 1.53 bits per heavy atom. The molecule has 1 aromatic rings. The summed E-state index contributed by atoms with van der Waals surface area (Å²) in [6.45, 7) is 2.10. The summed E-state index contributed by atoms with van der Waals surface area (Å²) in [6, 6.07) is 0. The second-order valence-electron chi connectivity index (χ2n) is 3.55. The molecule has 1 aliphatic rings. The van der Waals surface area contributed by atoms with Crippen molar-refractivity contribution < 1.29 is 4.79 Å². The third-order valence-corrected chi connectivity index (χ3v) is 2.78. The standard InChI is InChI=1S/C9H13ClN4O/c10-3-1-2-9(15)13-4-5-14-7-11-12-8(14)6-13/h7H,1-6H2. The van der Waals surface area contributed by atoms with Gasteiger partial charge in [-0.2, -0.15) is 0 Å². The molecule has 0 spiro atoms. The van der Waals surface area contributed by atoms with Crippen LogP contribution in [-0.2, 0) is 17.9 Å². The summed E-state index contributed by atoms with van der Waals surface area (Å²) >= 11 is 5.55. The molecule has 2 heterocycles. The van der Waals surface area contributed by atoms with E-state index in [1.54, 1.807) is 6.33 Å². The molecule has 0 N–H and O–H groups in total. The van der Waals surface area contributed by atoms with Crippen molar-refractivity contribution in [3.05, 3.63) is 12.2 Å². The third-order valence-electron chi connectivity index (χ3n) is 2.52. The van der Waals surface area contributed by atoms with Crippen LogP contribution in [0.15, 0.2) is 6.33 Å². The third kappa shape index (κ3) is 2.28. The molecule has 0 saturated heterocycles. The number of alkyl halides is 1. The molecule has 6 heteroatoms. The maximum Gasteiger partial charge on any atom is 0.223 e. The summed E-state index contributed by atoms with van der Waals surface area (Å²) in [4.78, 5) is 13.5. The Morgan fingerprint density at radius 2 is 2.40 bits per heavy atom. The van der Waals surface area contributed by atoms with Crippen molar-refractivity contribution in [1.29, 1.82) is 0 Å². The fourth-order valence-corrected chi connectivity index (χ4v) is 1.79. The highest BCUT2D eigenvalue weighted by molar-refractivity contribution is 6.17. The van der Waals surface area contributed by atoms with Crippen molar-refractivity contribution in [3.8, 4) is 0 Å². The number of nitrogens with zero attached hydrogens (tertiary/aromatic N) is 4. The first kappa shape index (κ1) is 10.4. The van der Waals surface area contributed by atoms with Crippen molar-refractivity contribution in [1.82, 2.24) is 19.7 Å². The Morgan fingerprint density at radius 3 is 3.20 bits per heavy atom. The van der Waals surface area contributed by atoms with Gasteiger partial charge in [-0.15, -0.1) is 21.8 Å². The zero-order valence-electron chi connectivity index (χ0n) is 8.40. The van der Waals surface area contributed by atoms with Crippen molar-refractivity contribution in [3.63, 3.8) is 0 Å². The molecule has 0 bridgehead atoms. The lowest BCUT2D eigenvalue weighted by Gasteiger charge is -2.27. The van der Waals surface area contributed by atoms with Gasteiger partial charge in [-0.05, 0) is 6.42 Å². The van der Waals surface area contributed by atoms with Crippen LogP contribution in [0.2, 0.25) is 0 Å². The summed E-state index contributed by atoms with van der Waals surface area (Å²) in [5.41, 5.74) is 0. The van der Waals surface area contributed by atoms with Gasteiger partial charge < -0.3 is 9.47 Å². The van der Waals surface area contributed by atoms with Crippen LogP contribution in [0.5, 0.6) is 0 Å². The van der Waals surface area contributed by atoms with Gasteiger partial charge in [0.15, 0.2) is 5.82 Å². The maximum atomic E-state index is 11.7. The lowest BCUT2D eigenvalue weighted by atomic mass is 10.2. The molecule has 1 aromatic heterocycles. The predicted molar refractivity (Wildman–Crippen MR) is 55.4 cm³/mol. The van der Waals surface area contributed by atoms with Gasteiger partial charge in [-0.1, -0.05) is 0 Å². The molecule has 5 nitrogen and oxygen atoms in total. The molecule has 0 aromatic carbocycles. The highest BCUT2D eigenvalue weighted by Crippen LogP contribution is 2.10. The Hall–Kier alpha value is -1.10. The first-order valence-corrected chi connectivity index (χ1v) is 5.55. The van der Waals surface area contributed by atoms with Crippen molar-refractivity contribution in [2.45, 2.75) is 25.9 Å².